The first-order chi connectivity index (χ1) is 13.9. The molecule has 3 aromatic rings. The number of amides is 3. The highest BCUT2D eigenvalue weighted by Gasteiger charge is 2.35. The van der Waals surface area contributed by atoms with Gasteiger partial charge in [0, 0.05) is 28.7 Å². The average molecular weight is 455 g/mol. The molecule has 0 fully saturated rings. The molecule has 0 unspecified atom stereocenters. The number of anilines is 1. The number of hydrogen-bond donors (Lipinski definition) is 1. The van der Waals surface area contributed by atoms with Gasteiger partial charge in [-0.15, -0.1) is 10.2 Å². The Morgan fingerprint density at radius 3 is 2.69 bits per heavy atom. The van der Waals surface area contributed by atoms with Crippen molar-refractivity contribution in [2.75, 3.05) is 11.9 Å². The van der Waals surface area contributed by atoms with Crippen LogP contribution in [0.25, 0.3) is 11.5 Å². The van der Waals surface area contributed by atoms with E-state index in [1.54, 1.807) is 24.3 Å². The van der Waals surface area contributed by atoms with Gasteiger partial charge < -0.3 is 9.73 Å². The zero-order chi connectivity index (χ0) is 20.5. The number of fused-ring (bicyclic) bond motifs is 1. The van der Waals surface area contributed by atoms with Gasteiger partial charge in [0.05, 0.1) is 11.1 Å². The standard InChI is InChI=1S/C20H15BrN4O4/c1-11-2-3-12(18-24-22-10-29-18)8-16(11)23-17(26)6-7-25-19(27)14-5-4-13(21)9-15(14)20(25)28/h2-5,8-10H,6-7H2,1H3,(H,23,26). The van der Waals surface area contributed by atoms with Gasteiger partial charge in [-0.3, -0.25) is 19.3 Å². The Kier molecular flexibility index (Phi) is 4.98. The number of benzene rings is 2. The van der Waals surface area contributed by atoms with E-state index in [-0.39, 0.29) is 24.8 Å². The van der Waals surface area contributed by atoms with E-state index in [0.29, 0.717) is 32.7 Å². The first-order valence-electron chi connectivity index (χ1n) is 8.77. The van der Waals surface area contributed by atoms with Crippen LogP contribution in [0.1, 0.15) is 32.7 Å². The Balaban J connectivity index is 1.43. The van der Waals surface area contributed by atoms with E-state index in [1.807, 2.05) is 19.1 Å². The van der Waals surface area contributed by atoms with Gasteiger partial charge >= 0.3 is 0 Å². The number of carbonyl (C=O) groups is 3. The van der Waals surface area contributed by atoms with Gasteiger partial charge in [-0.2, -0.15) is 0 Å². The highest BCUT2D eigenvalue weighted by Crippen LogP contribution is 2.27. The molecule has 2 aromatic carbocycles. The van der Waals surface area contributed by atoms with Gasteiger partial charge in [0.1, 0.15) is 0 Å². The summed E-state index contributed by atoms with van der Waals surface area (Å²) in [4.78, 5) is 38.5. The molecule has 0 atom stereocenters. The number of aryl methyl sites for hydroxylation is 1. The molecule has 0 radical (unpaired) electrons. The number of rotatable bonds is 5. The molecule has 1 N–H and O–H groups in total. The summed E-state index contributed by atoms with van der Waals surface area (Å²) in [7, 11) is 0. The second-order valence-corrected chi connectivity index (χ2v) is 7.44. The van der Waals surface area contributed by atoms with Crippen LogP contribution in [0.4, 0.5) is 5.69 Å². The molecule has 146 valence electrons. The molecular weight excluding hydrogens is 440 g/mol. The second-order valence-electron chi connectivity index (χ2n) is 6.52. The van der Waals surface area contributed by atoms with Gasteiger partial charge in [-0.05, 0) is 42.8 Å². The van der Waals surface area contributed by atoms with Crippen LogP contribution in [0.15, 0.2) is 51.7 Å². The third-order valence-electron chi connectivity index (χ3n) is 4.61. The zero-order valence-corrected chi connectivity index (χ0v) is 16.9. The molecule has 9 heteroatoms. The topological polar surface area (TPSA) is 105 Å². The molecule has 29 heavy (non-hydrogen) atoms. The molecule has 0 aliphatic carbocycles. The highest BCUT2D eigenvalue weighted by atomic mass is 79.9. The minimum Gasteiger partial charge on any atom is -0.423 e. The van der Waals surface area contributed by atoms with Crippen LogP contribution in [-0.2, 0) is 4.79 Å². The van der Waals surface area contributed by atoms with Gasteiger partial charge in [0.2, 0.25) is 18.2 Å². The zero-order valence-electron chi connectivity index (χ0n) is 15.3. The molecule has 3 amide bonds. The summed E-state index contributed by atoms with van der Waals surface area (Å²) < 4.78 is 5.89. The Bertz CT molecular complexity index is 1130. The van der Waals surface area contributed by atoms with Crippen molar-refractivity contribution >= 4 is 39.3 Å². The summed E-state index contributed by atoms with van der Waals surface area (Å²) in [6.07, 6.45) is 1.21. The summed E-state index contributed by atoms with van der Waals surface area (Å²) in [5.41, 5.74) is 2.81. The molecule has 1 aromatic heterocycles. The Morgan fingerprint density at radius 1 is 1.14 bits per heavy atom. The minimum absolute atomic E-state index is 0.00179. The lowest BCUT2D eigenvalue weighted by Gasteiger charge is -2.14. The Hall–Kier alpha value is -3.33. The lowest BCUT2D eigenvalue weighted by molar-refractivity contribution is -0.116. The number of carbonyl (C=O) groups excluding carboxylic acids is 3. The summed E-state index contributed by atoms with van der Waals surface area (Å²) in [6.45, 7) is 1.85. The van der Waals surface area contributed by atoms with Crippen molar-refractivity contribution in [2.45, 2.75) is 13.3 Å². The van der Waals surface area contributed by atoms with Crippen molar-refractivity contribution in [1.29, 1.82) is 0 Å². The third kappa shape index (κ3) is 3.68. The molecule has 0 saturated heterocycles. The molecule has 4 rings (SSSR count). The maximum Gasteiger partial charge on any atom is 0.261 e. The smallest absolute Gasteiger partial charge is 0.261 e. The van der Waals surface area contributed by atoms with Crippen LogP contribution < -0.4 is 5.32 Å². The van der Waals surface area contributed by atoms with Crippen molar-refractivity contribution in [3.63, 3.8) is 0 Å². The van der Waals surface area contributed by atoms with Crippen LogP contribution in [0.3, 0.4) is 0 Å². The van der Waals surface area contributed by atoms with E-state index in [2.05, 4.69) is 31.4 Å². The quantitative estimate of drug-likeness (QED) is 0.591. The van der Waals surface area contributed by atoms with Crippen LogP contribution in [0, 0.1) is 6.92 Å². The highest BCUT2D eigenvalue weighted by molar-refractivity contribution is 9.10. The number of nitrogens with one attached hydrogen (secondary N) is 1. The summed E-state index contributed by atoms with van der Waals surface area (Å²) in [5, 5.41) is 10.3. The van der Waals surface area contributed by atoms with E-state index in [1.165, 1.54) is 6.39 Å². The molecule has 1 aliphatic heterocycles. The van der Waals surface area contributed by atoms with Crippen molar-refractivity contribution in [1.82, 2.24) is 15.1 Å². The lowest BCUT2D eigenvalue weighted by Crippen LogP contribution is -2.32. The van der Waals surface area contributed by atoms with Gasteiger partial charge in [-0.25, -0.2) is 0 Å². The summed E-state index contributed by atoms with van der Waals surface area (Å²) >= 11 is 3.30. The molecule has 1 aliphatic rings. The number of aromatic nitrogens is 2. The van der Waals surface area contributed by atoms with Gasteiger partial charge in [0.15, 0.2) is 0 Å². The van der Waals surface area contributed by atoms with E-state index in [0.717, 1.165) is 10.5 Å². The molecule has 0 bridgehead atoms. The monoisotopic (exact) mass is 454 g/mol. The molecule has 8 nitrogen and oxygen atoms in total. The Morgan fingerprint density at radius 2 is 1.93 bits per heavy atom. The van der Waals surface area contributed by atoms with Crippen molar-refractivity contribution in [3.05, 3.63) is 64.0 Å². The predicted octanol–water partition coefficient (Wildman–Crippen LogP) is 3.43. The lowest BCUT2D eigenvalue weighted by atomic mass is 10.1. The number of hydrogen-bond acceptors (Lipinski definition) is 6. The summed E-state index contributed by atoms with van der Waals surface area (Å²) in [5.74, 6) is -0.750. The SMILES string of the molecule is Cc1ccc(-c2nnco2)cc1NC(=O)CCN1C(=O)c2ccc(Br)cc2C1=O. The fraction of sp³-hybridized carbons (Fsp3) is 0.150. The predicted molar refractivity (Wildman–Crippen MR) is 107 cm³/mol. The van der Waals surface area contributed by atoms with E-state index in [4.69, 9.17) is 4.42 Å². The fourth-order valence-electron chi connectivity index (χ4n) is 3.08. The first kappa shape index (κ1) is 19.0. The van der Waals surface area contributed by atoms with Crippen LogP contribution in [0.2, 0.25) is 0 Å². The van der Waals surface area contributed by atoms with Crippen LogP contribution in [-0.4, -0.2) is 39.4 Å². The van der Waals surface area contributed by atoms with Crippen molar-refractivity contribution in [3.8, 4) is 11.5 Å². The van der Waals surface area contributed by atoms with Crippen LogP contribution >= 0.6 is 15.9 Å². The van der Waals surface area contributed by atoms with Gasteiger partial charge in [-0.1, -0.05) is 22.0 Å². The van der Waals surface area contributed by atoms with Crippen molar-refractivity contribution in [2.24, 2.45) is 0 Å². The normalized spacial score (nSPS) is 13.0. The second kappa shape index (κ2) is 7.59. The largest absolute Gasteiger partial charge is 0.423 e. The number of halogens is 1. The third-order valence-corrected chi connectivity index (χ3v) is 5.11. The van der Waals surface area contributed by atoms with E-state index in [9.17, 15) is 14.4 Å². The average Bonchev–Trinajstić information content (AvgIpc) is 3.31. The minimum atomic E-state index is -0.395. The maximum atomic E-state index is 12.5. The number of nitrogens with zero attached hydrogens (tertiary/aromatic N) is 3. The molecule has 2 heterocycles. The molecular formula is C20H15BrN4O4. The first-order valence-corrected chi connectivity index (χ1v) is 9.56. The van der Waals surface area contributed by atoms with Crippen molar-refractivity contribution < 1.29 is 18.8 Å². The summed E-state index contributed by atoms with van der Waals surface area (Å²) in [6, 6.07) is 10.3. The molecule has 0 saturated carbocycles. The van der Waals surface area contributed by atoms with E-state index < -0.39 is 5.91 Å². The van der Waals surface area contributed by atoms with Gasteiger partial charge in [0.25, 0.3) is 11.8 Å². The molecule has 0 spiro atoms. The Labute approximate surface area is 174 Å². The van der Waals surface area contributed by atoms with E-state index >= 15 is 0 Å². The maximum absolute atomic E-state index is 12.5. The number of imide groups is 1. The van der Waals surface area contributed by atoms with Crippen LogP contribution in [0.5, 0.6) is 0 Å². The fourth-order valence-corrected chi connectivity index (χ4v) is 3.44.